The summed E-state index contributed by atoms with van der Waals surface area (Å²) in [6, 6.07) is 0. The maximum atomic E-state index is 2.27. The third kappa shape index (κ3) is 36.3. The number of unbranched alkanes of at least 4 members (excludes halogenated alkanes) is 12. The Bertz CT molecular complexity index is 102. The zero-order chi connectivity index (χ0) is 13.9. The molecule has 0 aromatic carbocycles. The Balaban J connectivity index is -0.000000119. The van der Waals surface area contributed by atoms with Crippen LogP contribution in [0.3, 0.4) is 0 Å². The first-order valence-corrected chi connectivity index (χ1v) is 8.83. The molecule has 0 bridgehead atoms. The zero-order valence-corrected chi connectivity index (χ0v) is 16.3. The van der Waals surface area contributed by atoms with Gasteiger partial charge >= 0.3 is 0 Å². The lowest BCUT2D eigenvalue weighted by Gasteiger charge is -1.97. The van der Waals surface area contributed by atoms with Crippen molar-refractivity contribution in [2.75, 3.05) is 0 Å². The molecule has 0 saturated heterocycles. The van der Waals surface area contributed by atoms with Gasteiger partial charge < -0.3 is 0 Å². The van der Waals surface area contributed by atoms with E-state index in [2.05, 4.69) is 27.7 Å². The van der Waals surface area contributed by atoms with Crippen LogP contribution >= 0.6 is 24.8 Å². The third-order valence-electron chi connectivity index (χ3n) is 3.41. The van der Waals surface area contributed by atoms with Gasteiger partial charge in [0, 0.05) is 0 Å². The van der Waals surface area contributed by atoms with Crippen LogP contribution in [0.5, 0.6) is 0 Å². The summed E-state index contributed by atoms with van der Waals surface area (Å²) >= 11 is 0. The highest BCUT2D eigenvalue weighted by molar-refractivity contribution is 5.85. The third-order valence-corrected chi connectivity index (χ3v) is 3.41. The maximum absolute atomic E-state index is 2.27. The normalized spacial score (nSPS) is 9.00. The molecule has 0 radical (unpaired) electrons. The summed E-state index contributed by atoms with van der Waals surface area (Å²) in [5, 5.41) is 0. The van der Waals surface area contributed by atoms with Gasteiger partial charge in [-0.25, -0.2) is 0 Å². The fourth-order valence-corrected chi connectivity index (χ4v) is 2.06. The van der Waals surface area contributed by atoms with Crippen LogP contribution in [0.25, 0.3) is 0 Å². The first-order valence-electron chi connectivity index (χ1n) is 8.83. The number of halogens is 2. The van der Waals surface area contributed by atoms with Crippen LogP contribution in [-0.2, 0) is 0 Å². The fraction of sp³-hybridized carbons (Fsp3) is 1.00. The molecule has 0 N–H and O–H groups in total. The van der Waals surface area contributed by atoms with Gasteiger partial charge in [-0.15, -0.1) is 24.8 Å². The van der Waals surface area contributed by atoms with Crippen molar-refractivity contribution in [2.24, 2.45) is 0 Å². The molecule has 0 spiro atoms. The van der Waals surface area contributed by atoms with Crippen molar-refractivity contribution in [3.8, 4) is 0 Å². The second kappa shape index (κ2) is 31.8. The number of rotatable bonds is 12. The highest BCUT2D eigenvalue weighted by Crippen LogP contribution is 2.07. The zero-order valence-electron chi connectivity index (χ0n) is 14.7. The Morgan fingerprint density at radius 1 is 0.300 bits per heavy atom. The van der Waals surface area contributed by atoms with Gasteiger partial charge in [-0.3, -0.25) is 0 Å². The highest BCUT2D eigenvalue weighted by Gasteiger charge is 1.87. The SMILES string of the molecule is CCCCCCCC.CCCCCCCCCC.Cl.Cl. The summed E-state index contributed by atoms with van der Waals surface area (Å²) in [7, 11) is 0. The van der Waals surface area contributed by atoms with Gasteiger partial charge in [-0.05, 0) is 0 Å². The predicted molar refractivity (Wildman–Crippen MR) is 102 cm³/mol. The minimum atomic E-state index is 0. The van der Waals surface area contributed by atoms with Crippen molar-refractivity contribution in [1.82, 2.24) is 0 Å². The summed E-state index contributed by atoms with van der Waals surface area (Å²) in [6.07, 6.45) is 19.9. The lowest BCUT2D eigenvalue weighted by Crippen LogP contribution is -1.77. The van der Waals surface area contributed by atoms with E-state index in [9.17, 15) is 0 Å². The molecule has 0 rings (SSSR count). The van der Waals surface area contributed by atoms with Gasteiger partial charge in [0.05, 0.1) is 0 Å². The van der Waals surface area contributed by atoms with Crippen LogP contribution in [0.15, 0.2) is 0 Å². The van der Waals surface area contributed by atoms with E-state index in [1.807, 2.05) is 0 Å². The molecular weight excluding hydrogens is 287 g/mol. The molecule has 0 unspecified atom stereocenters. The summed E-state index contributed by atoms with van der Waals surface area (Å²) in [6.45, 7) is 9.05. The Kier molecular flexibility index (Phi) is 45.6. The molecule has 0 aliphatic heterocycles. The topological polar surface area (TPSA) is 0 Å². The van der Waals surface area contributed by atoms with E-state index < -0.39 is 0 Å². The van der Waals surface area contributed by atoms with Gasteiger partial charge in [0.15, 0.2) is 0 Å². The Hall–Kier alpha value is 0.580. The molecule has 0 nitrogen and oxygen atoms in total. The molecule has 0 amide bonds. The van der Waals surface area contributed by atoms with E-state index in [0.717, 1.165) is 0 Å². The number of hydrogen-bond donors (Lipinski definition) is 0. The van der Waals surface area contributed by atoms with Crippen molar-refractivity contribution < 1.29 is 0 Å². The molecular formula is C18H42Cl2. The Labute approximate surface area is 142 Å². The second-order valence-electron chi connectivity index (χ2n) is 5.54. The summed E-state index contributed by atoms with van der Waals surface area (Å²) in [5.41, 5.74) is 0. The molecule has 20 heavy (non-hydrogen) atoms. The van der Waals surface area contributed by atoms with Gasteiger partial charge in [-0.2, -0.15) is 0 Å². The molecule has 0 heterocycles. The van der Waals surface area contributed by atoms with Gasteiger partial charge in [-0.1, -0.05) is 118 Å². The van der Waals surface area contributed by atoms with Crippen molar-refractivity contribution >= 4 is 24.8 Å². The molecule has 0 aliphatic rings. The average Bonchev–Trinajstić information content (AvgIpc) is 2.40. The summed E-state index contributed by atoms with van der Waals surface area (Å²) in [5.74, 6) is 0. The quantitative estimate of drug-likeness (QED) is 0.315. The molecule has 0 atom stereocenters. The van der Waals surface area contributed by atoms with E-state index in [4.69, 9.17) is 0 Å². The highest BCUT2D eigenvalue weighted by atomic mass is 35.5. The molecule has 0 aromatic rings. The average molecular weight is 329 g/mol. The van der Waals surface area contributed by atoms with E-state index in [0.29, 0.717) is 0 Å². The van der Waals surface area contributed by atoms with Gasteiger partial charge in [0.25, 0.3) is 0 Å². The molecule has 128 valence electrons. The minimum absolute atomic E-state index is 0. The molecule has 2 heteroatoms. The molecule has 0 saturated carbocycles. The second-order valence-corrected chi connectivity index (χ2v) is 5.54. The van der Waals surface area contributed by atoms with Crippen molar-refractivity contribution in [3.63, 3.8) is 0 Å². The van der Waals surface area contributed by atoms with E-state index in [1.165, 1.54) is 89.9 Å². The first-order chi connectivity index (χ1) is 8.83. The van der Waals surface area contributed by atoms with E-state index in [1.54, 1.807) is 0 Å². The lowest BCUT2D eigenvalue weighted by atomic mass is 10.1. The van der Waals surface area contributed by atoms with Crippen LogP contribution in [0.1, 0.15) is 118 Å². The Morgan fingerprint density at radius 2 is 0.450 bits per heavy atom. The molecule has 0 aromatic heterocycles. The van der Waals surface area contributed by atoms with E-state index >= 15 is 0 Å². The number of hydrogen-bond acceptors (Lipinski definition) is 0. The first kappa shape index (κ1) is 28.7. The van der Waals surface area contributed by atoms with Crippen LogP contribution < -0.4 is 0 Å². The van der Waals surface area contributed by atoms with Crippen LogP contribution in [0.2, 0.25) is 0 Å². The Morgan fingerprint density at radius 3 is 0.600 bits per heavy atom. The van der Waals surface area contributed by atoms with Gasteiger partial charge in [0.1, 0.15) is 0 Å². The van der Waals surface area contributed by atoms with Crippen molar-refractivity contribution in [3.05, 3.63) is 0 Å². The van der Waals surface area contributed by atoms with Crippen LogP contribution in [-0.4, -0.2) is 0 Å². The van der Waals surface area contributed by atoms with Gasteiger partial charge in [0.2, 0.25) is 0 Å². The monoisotopic (exact) mass is 328 g/mol. The van der Waals surface area contributed by atoms with E-state index in [-0.39, 0.29) is 24.8 Å². The lowest BCUT2D eigenvalue weighted by molar-refractivity contribution is 0.585. The van der Waals surface area contributed by atoms with Crippen molar-refractivity contribution in [2.45, 2.75) is 118 Å². The fourth-order valence-electron chi connectivity index (χ4n) is 2.06. The van der Waals surface area contributed by atoms with Crippen LogP contribution in [0.4, 0.5) is 0 Å². The molecule has 0 fully saturated rings. The minimum Gasteiger partial charge on any atom is -0.147 e. The van der Waals surface area contributed by atoms with Crippen LogP contribution in [0, 0.1) is 0 Å². The smallest absolute Gasteiger partial charge is 0.0533 e. The van der Waals surface area contributed by atoms with Crippen molar-refractivity contribution in [1.29, 1.82) is 0 Å². The maximum Gasteiger partial charge on any atom is -0.0533 e. The standard InChI is InChI=1S/C10H22.C8H18.2ClH/c1-3-5-7-9-10-8-6-4-2;1-3-5-7-8-6-4-2;;/h3-10H2,1-2H3;3-8H2,1-2H3;2*1H. The summed E-state index contributed by atoms with van der Waals surface area (Å²) in [4.78, 5) is 0. The summed E-state index contributed by atoms with van der Waals surface area (Å²) < 4.78 is 0. The predicted octanol–water partition coefficient (Wildman–Crippen LogP) is 8.36. The molecule has 0 aliphatic carbocycles. The largest absolute Gasteiger partial charge is 0.147 e.